The molecule has 5 heteroatoms. The van der Waals surface area contributed by atoms with Crippen molar-refractivity contribution in [3.8, 4) is 22.5 Å². The quantitative estimate of drug-likeness (QED) is 0.752. The lowest BCUT2D eigenvalue weighted by molar-refractivity contribution is 0.782. The maximum Gasteiger partial charge on any atom is 0.131 e. The van der Waals surface area contributed by atoms with Gasteiger partial charge in [0.2, 0.25) is 0 Å². The van der Waals surface area contributed by atoms with Crippen LogP contribution >= 0.6 is 11.8 Å². The van der Waals surface area contributed by atoms with Crippen LogP contribution in [0, 0.1) is 0 Å². The fraction of sp³-hybridized carbons (Fsp3) is 0.125. The van der Waals surface area contributed by atoms with Gasteiger partial charge in [0, 0.05) is 23.7 Å². The molecule has 1 aromatic carbocycles. The third kappa shape index (κ3) is 2.40. The highest BCUT2D eigenvalue weighted by Crippen LogP contribution is 2.38. The fourth-order valence-electron chi connectivity index (χ4n) is 2.33. The minimum atomic E-state index is 0.625. The SMILES string of the molecule is CSc1ccccc1-c1nn(C)c(N)c1-c1ccccn1. The minimum Gasteiger partial charge on any atom is -0.383 e. The van der Waals surface area contributed by atoms with Gasteiger partial charge in [0.25, 0.3) is 0 Å². The maximum absolute atomic E-state index is 6.22. The third-order valence-electron chi connectivity index (χ3n) is 3.37. The van der Waals surface area contributed by atoms with Gasteiger partial charge in [-0.05, 0) is 24.5 Å². The standard InChI is InChI=1S/C16H16N4S/c1-20-16(17)14(12-8-5-6-10-18-12)15(19-20)11-7-3-4-9-13(11)21-2/h3-10H,17H2,1-2H3. The minimum absolute atomic E-state index is 0.625. The summed E-state index contributed by atoms with van der Waals surface area (Å²) in [6.07, 6.45) is 3.83. The zero-order valence-electron chi connectivity index (χ0n) is 11.9. The lowest BCUT2D eigenvalue weighted by Crippen LogP contribution is -1.98. The first-order valence-corrected chi connectivity index (χ1v) is 7.82. The van der Waals surface area contributed by atoms with E-state index >= 15 is 0 Å². The first-order chi connectivity index (χ1) is 10.2. The summed E-state index contributed by atoms with van der Waals surface area (Å²) in [6.45, 7) is 0. The van der Waals surface area contributed by atoms with Gasteiger partial charge in [-0.25, -0.2) is 0 Å². The molecule has 0 bridgehead atoms. The molecule has 0 fully saturated rings. The van der Waals surface area contributed by atoms with Crippen LogP contribution in [0.2, 0.25) is 0 Å². The van der Waals surface area contributed by atoms with E-state index in [0.717, 1.165) is 22.5 Å². The summed E-state index contributed by atoms with van der Waals surface area (Å²) in [6, 6.07) is 14.0. The molecule has 0 saturated heterocycles. The number of anilines is 1. The molecule has 106 valence electrons. The van der Waals surface area contributed by atoms with Crippen molar-refractivity contribution in [2.45, 2.75) is 4.90 Å². The van der Waals surface area contributed by atoms with Gasteiger partial charge in [-0.1, -0.05) is 24.3 Å². The molecular formula is C16H16N4S. The summed E-state index contributed by atoms with van der Waals surface area (Å²) < 4.78 is 1.70. The molecule has 0 unspecified atom stereocenters. The fourth-order valence-corrected chi connectivity index (χ4v) is 2.93. The average Bonchev–Trinajstić information content (AvgIpc) is 2.83. The molecule has 2 N–H and O–H groups in total. The van der Waals surface area contributed by atoms with E-state index in [1.807, 2.05) is 37.4 Å². The van der Waals surface area contributed by atoms with E-state index in [2.05, 4.69) is 28.5 Å². The number of nitrogens with two attached hydrogens (primary N) is 1. The zero-order chi connectivity index (χ0) is 14.8. The predicted molar refractivity (Wildman–Crippen MR) is 88.1 cm³/mol. The second-order valence-corrected chi connectivity index (χ2v) is 5.50. The van der Waals surface area contributed by atoms with Gasteiger partial charge in [-0.2, -0.15) is 5.10 Å². The van der Waals surface area contributed by atoms with Crippen molar-refractivity contribution >= 4 is 17.6 Å². The Bertz CT molecular complexity index is 765. The maximum atomic E-state index is 6.22. The molecule has 2 heterocycles. The van der Waals surface area contributed by atoms with Gasteiger partial charge in [-0.15, -0.1) is 11.8 Å². The Kier molecular flexibility index (Phi) is 3.66. The molecule has 3 aromatic rings. The van der Waals surface area contributed by atoms with E-state index in [-0.39, 0.29) is 0 Å². The summed E-state index contributed by atoms with van der Waals surface area (Å²) in [7, 11) is 1.85. The largest absolute Gasteiger partial charge is 0.383 e. The van der Waals surface area contributed by atoms with Crippen LogP contribution in [0.1, 0.15) is 0 Å². The predicted octanol–water partition coefficient (Wildman–Crippen LogP) is 3.45. The number of aromatic nitrogens is 3. The summed E-state index contributed by atoms with van der Waals surface area (Å²) in [5, 5.41) is 4.60. The number of benzene rings is 1. The summed E-state index contributed by atoms with van der Waals surface area (Å²) in [4.78, 5) is 5.60. The summed E-state index contributed by atoms with van der Waals surface area (Å²) in [5.41, 5.74) is 9.90. The van der Waals surface area contributed by atoms with Gasteiger partial charge in [0.1, 0.15) is 11.5 Å². The van der Waals surface area contributed by atoms with Crippen LogP contribution in [0.25, 0.3) is 22.5 Å². The van der Waals surface area contributed by atoms with E-state index in [4.69, 9.17) is 5.73 Å². The molecule has 4 nitrogen and oxygen atoms in total. The molecule has 0 radical (unpaired) electrons. The molecular weight excluding hydrogens is 280 g/mol. The van der Waals surface area contributed by atoms with Gasteiger partial charge < -0.3 is 5.73 Å². The number of thioether (sulfide) groups is 1. The van der Waals surface area contributed by atoms with Gasteiger partial charge >= 0.3 is 0 Å². The van der Waals surface area contributed by atoms with Crippen LogP contribution in [0.4, 0.5) is 5.82 Å². The highest BCUT2D eigenvalue weighted by Gasteiger charge is 2.19. The number of nitrogens with zero attached hydrogens (tertiary/aromatic N) is 3. The number of pyridine rings is 1. The van der Waals surface area contributed by atoms with Gasteiger partial charge in [-0.3, -0.25) is 9.67 Å². The molecule has 21 heavy (non-hydrogen) atoms. The normalized spacial score (nSPS) is 10.8. The van der Waals surface area contributed by atoms with Crippen molar-refractivity contribution in [2.24, 2.45) is 7.05 Å². The van der Waals surface area contributed by atoms with Crippen LogP contribution < -0.4 is 5.73 Å². The number of hydrogen-bond acceptors (Lipinski definition) is 4. The third-order valence-corrected chi connectivity index (χ3v) is 4.17. The van der Waals surface area contributed by atoms with E-state index in [1.54, 1.807) is 22.6 Å². The highest BCUT2D eigenvalue weighted by atomic mass is 32.2. The summed E-state index contributed by atoms with van der Waals surface area (Å²) >= 11 is 1.70. The number of aryl methyl sites for hydroxylation is 1. The molecule has 0 aliphatic heterocycles. The van der Waals surface area contributed by atoms with Crippen molar-refractivity contribution < 1.29 is 0 Å². The Morgan fingerprint density at radius 1 is 1.10 bits per heavy atom. The smallest absolute Gasteiger partial charge is 0.131 e. The lowest BCUT2D eigenvalue weighted by atomic mass is 10.0. The Hall–Kier alpha value is -2.27. The summed E-state index contributed by atoms with van der Waals surface area (Å²) in [5.74, 6) is 0.625. The lowest BCUT2D eigenvalue weighted by Gasteiger charge is -2.07. The number of nitrogen functional groups attached to an aromatic ring is 1. The van der Waals surface area contributed by atoms with Crippen LogP contribution in [-0.4, -0.2) is 21.0 Å². The first kappa shape index (κ1) is 13.7. The first-order valence-electron chi connectivity index (χ1n) is 6.59. The molecule has 0 aliphatic rings. The number of rotatable bonds is 3. The molecule has 0 amide bonds. The van der Waals surface area contributed by atoms with Gasteiger partial charge in [0.05, 0.1) is 11.3 Å². The molecule has 0 atom stereocenters. The second-order valence-electron chi connectivity index (χ2n) is 4.65. The van der Waals surface area contributed by atoms with E-state index in [0.29, 0.717) is 5.82 Å². The van der Waals surface area contributed by atoms with E-state index < -0.39 is 0 Å². The van der Waals surface area contributed by atoms with Crippen molar-refractivity contribution in [1.29, 1.82) is 0 Å². The van der Waals surface area contributed by atoms with Crippen molar-refractivity contribution in [3.63, 3.8) is 0 Å². The van der Waals surface area contributed by atoms with Crippen LogP contribution in [0.15, 0.2) is 53.6 Å². The Labute approximate surface area is 128 Å². The van der Waals surface area contributed by atoms with E-state index in [9.17, 15) is 0 Å². The molecule has 0 saturated carbocycles. The molecule has 3 rings (SSSR count). The average molecular weight is 296 g/mol. The Morgan fingerprint density at radius 2 is 1.86 bits per heavy atom. The van der Waals surface area contributed by atoms with Crippen LogP contribution in [-0.2, 0) is 7.05 Å². The second kappa shape index (κ2) is 5.61. The number of hydrogen-bond donors (Lipinski definition) is 1. The van der Waals surface area contributed by atoms with Crippen LogP contribution in [0.5, 0.6) is 0 Å². The highest BCUT2D eigenvalue weighted by molar-refractivity contribution is 7.98. The molecule has 0 aliphatic carbocycles. The van der Waals surface area contributed by atoms with E-state index in [1.165, 1.54) is 4.90 Å². The van der Waals surface area contributed by atoms with Crippen molar-refractivity contribution in [1.82, 2.24) is 14.8 Å². The van der Waals surface area contributed by atoms with Crippen molar-refractivity contribution in [2.75, 3.05) is 12.0 Å². The van der Waals surface area contributed by atoms with Crippen molar-refractivity contribution in [3.05, 3.63) is 48.7 Å². The topological polar surface area (TPSA) is 56.7 Å². The van der Waals surface area contributed by atoms with Crippen LogP contribution in [0.3, 0.4) is 0 Å². The Balaban J connectivity index is 2.27. The Morgan fingerprint density at radius 3 is 2.57 bits per heavy atom. The van der Waals surface area contributed by atoms with Gasteiger partial charge in [0.15, 0.2) is 0 Å². The monoisotopic (exact) mass is 296 g/mol. The zero-order valence-corrected chi connectivity index (χ0v) is 12.8. The molecule has 2 aromatic heterocycles. The molecule has 0 spiro atoms.